The zero-order chi connectivity index (χ0) is 26.4. The zero-order valence-electron chi connectivity index (χ0n) is 22.3. The van der Waals surface area contributed by atoms with E-state index in [1.165, 1.54) is 11.1 Å². The molecule has 0 unspecified atom stereocenters. The number of carbonyl (C=O) groups excluding carboxylic acids is 1. The molecule has 0 bridgehead atoms. The number of rotatable bonds is 11. The van der Waals surface area contributed by atoms with Crippen LogP contribution in [0.3, 0.4) is 0 Å². The van der Waals surface area contributed by atoms with E-state index >= 15 is 0 Å². The van der Waals surface area contributed by atoms with Crippen LogP contribution in [0, 0.1) is 11.8 Å². The number of aliphatic hydroxyl groups is 1. The summed E-state index contributed by atoms with van der Waals surface area (Å²) in [5.74, 6) is 1.48. The van der Waals surface area contributed by atoms with Crippen molar-refractivity contribution >= 4 is 17.8 Å². The number of carbonyl (C=O) groups is 1. The lowest BCUT2D eigenvalue weighted by atomic mass is 9.65. The Kier molecular flexibility index (Phi) is 8.67. The molecular formula is C32H39NO4. The minimum absolute atomic E-state index is 0.0106. The number of methoxy groups -OCH3 is 1. The molecule has 3 aromatic carbocycles. The summed E-state index contributed by atoms with van der Waals surface area (Å²) in [7, 11) is 1.68. The zero-order valence-corrected chi connectivity index (χ0v) is 22.3. The van der Waals surface area contributed by atoms with Gasteiger partial charge in [-0.1, -0.05) is 63.2 Å². The highest BCUT2D eigenvalue weighted by Gasteiger charge is 2.49. The molecular weight excluding hydrogens is 462 g/mol. The van der Waals surface area contributed by atoms with Gasteiger partial charge in [-0.3, -0.25) is 9.69 Å². The van der Waals surface area contributed by atoms with Crippen LogP contribution in [0.15, 0.2) is 78.9 Å². The predicted octanol–water partition coefficient (Wildman–Crippen LogP) is 6.30. The summed E-state index contributed by atoms with van der Waals surface area (Å²) in [6.07, 6.45) is 3.42. The molecule has 0 spiro atoms. The van der Waals surface area contributed by atoms with Crippen LogP contribution >= 0.6 is 0 Å². The van der Waals surface area contributed by atoms with E-state index in [2.05, 4.69) is 45.0 Å². The fourth-order valence-corrected chi connectivity index (χ4v) is 6.04. The van der Waals surface area contributed by atoms with E-state index in [1.807, 2.05) is 54.6 Å². The van der Waals surface area contributed by atoms with Crippen molar-refractivity contribution in [2.45, 2.75) is 57.7 Å². The van der Waals surface area contributed by atoms with Crippen LogP contribution in [0.2, 0.25) is 0 Å². The molecule has 1 fully saturated rings. The number of amides is 1. The van der Waals surface area contributed by atoms with Crippen LogP contribution in [0.1, 0.15) is 44.7 Å². The van der Waals surface area contributed by atoms with Crippen molar-refractivity contribution in [2.75, 3.05) is 18.6 Å². The first-order valence-corrected chi connectivity index (χ1v) is 13.2. The van der Waals surface area contributed by atoms with Gasteiger partial charge < -0.3 is 14.6 Å². The van der Waals surface area contributed by atoms with Crippen molar-refractivity contribution in [3.63, 3.8) is 0 Å². The van der Waals surface area contributed by atoms with E-state index in [4.69, 9.17) is 9.47 Å². The largest absolute Gasteiger partial charge is 0.497 e. The number of anilines is 2. The van der Waals surface area contributed by atoms with Gasteiger partial charge in [0.15, 0.2) is 0 Å². The standard InChI is InChI=1S/C32H39NO4/c1-23-29(19-12-24-10-15-27(16-11-24)33(22-35)26-8-6-5-7-9-26)37-30(20-21-34)31(23)32(2,3)25-13-17-28(36-4)18-14-25/h5-11,13-18,22-23,29-31,34H,12,19-21H2,1-4H3/t23-,29+,30-,31+/m1/s1. The number of benzene rings is 3. The van der Waals surface area contributed by atoms with E-state index in [0.29, 0.717) is 12.3 Å². The molecule has 5 heteroatoms. The van der Waals surface area contributed by atoms with Crippen molar-refractivity contribution in [2.24, 2.45) is 11.8 Å². The van der Waals surface area contributed by atoms with Gasteiger partial charge >= 0.3 is 0 Å². The lowest BCUT2D eigenvalue weighted by molar-refractivity contribution is -0.106. The average molecular weight is 502 g/mol. The van der Waals surface area contributed by atoms with Crippen molar-refractivity contribution in [1.82, 2.24) is 0 Å². The predicted molar refractivity (Wildman–Crippen MR) is 148 cm³/mol. The van der Waals surface area contributed by atoms with Gasteiger partial charge in [-0.2, -0.15) is 0 Å². The maximum Gasteiger partial charge on any atom is 0.218 e. The molecule has 1 aliphatic heterocycles. The highest BCUT2D eigenvalue weighted by Crippen LogP contribution is 2.47. The minimum Gasteiger partial charge on any atom is -0.497 e. The molecule has 3 aromatic rings. The van der Waals surface area contributed by atoms with Gasteiger partial charge in [0.1, 0.15) is 5.75 Å². The molecule has 5 nitrogen and oxygen atoms in total. The van der Waals surface area contributed by atoms with Crippen molar-refractivity contribution < 1.29 is 19.4 Å². The lowest BCUT2D eigenvalue weighted by Gasteiger charge is -2.38. The SMILES string of the molecule is COc1ccc(C(C)(C)[C@H]2[C@H](C)[C@H](CCc3ccc(N(C=O)c4ccccc4)cc3)O[C@@H]2CCO)cc1. The molecule has 1 heterocycles. The summed E-state index contributed by atoms with van der Waals surface area (Å²) in [6, 6.07) is 26.2. The normalized spacial score (nSPS) is 21.5. The summed E-state index contributed by atoms with van der Waals surface area (Å²) in [5.41, 5.74) is 4.05. The van der Waals surface area contributed by atoms with Crippen LogP contribution in [0.25, 0.3) is 0 Å². The number of para-hydroxylation sites is 1. The number of nitrogens with zero attached hydrogens (tertiary/aromatic N) is 1. The monoisotopic (exact) mass is 501 g/mol. The Bertz CT molecular complexity index is 1130. The number of hydrogen-bond donors (Lipinski definition) is 1. The first-order chi connectivity index (χ1) is 17.9. The van der Waals surface area contributed by atoms with Gasteiger partial charge in [0.05, 0.1) is 19.3 Å². The topological polar surface area (TPSA) is 59.0 Å². The molecule has 1 saturated heterocycles. The summed E-state index contributed by atoms with van der Waals surface area (Å²) in [6.45, 7) is 6.99. The molecule has 0 saturated carbocycles. The second kappa shape index (κ2) is 11.9. The smallest absolute Gasteiger partial charge is 0.218 e. The van der Waals surface area contributed by atoms with Crippen LogP contribution in [0.4, 0.5) is 11.4 Å². The van der Waals surface area contributed by atoms with Gasteiger partial charge in [-0.15, -0.1) is 0 Å². The van der Waals surface area contributed by atoms with Crippen LogP contribution in [-0.4, -0.2) is 37.4 Å². The average Bonchev–Trinajstić information content (AvgIpc) is 3.24. The van der Waals surface area contributed by atoms with Gasteiger partial charge in [0.2, 0.25) is 6.41 Å². The molecule has 4 rings (SSSR count). The molecule has 1 amide bonds. The second-order valence-electron chi connectivity index (χ2n) is 10.6. The van der Waals surface area contributed by atoms with Gasteiger partial charge in [0.25, 0.3) is 0 Å². The van der Waals surface area contributed by atoms with Crippen molar-refractivity contribution in [3.05, 3.63) is 90.0 Å². The Hall–Kier alpha value is -3.15. The van der Waals surface area contributed by atoms with Crippen molar-refractivity contribution in [1.29, 1.82) is 0 Å². The van der Waals surface area contributed by atoms with E-state index < -0.39 is 0 Å². The van der Waals surface area contributed by atoms with E-state index in [0.717, 1.165) is 36.4 Å². The van der Waals surface area contributed by atoms with Crippen LogP contribution in [0.5, 0.6) is 5.75 Å². The third-order valence-electron chi connectivity index (χ3n) is 8.06. The third-order valence-corrected chi connectivity index (χ3v) is 8.06. The van der Waals surface area contributed by atoms with Gasteiger partial charge in [0, 0.05) is 18.0 Å². The minimum atomic E-state index is -0.113. The quantitative estimate of drug-likeness (QED) is 0.313. The Morgan fingerprint density at radius 3 is 2.16 bits per heavy atom. The Morgan fingerprint density at radius 2 is 1.57 bits per heavy atom. The molecule has 0 radical (unpaired) electrons. The van der Waals surface area contributed by atoms with Crippen LogP contribution < -0.4 is 9.64 Å². The third kappa shape index (κ3) is 5.89. The first kappa shape index (κ1) is 26.9. The molecule has 4 atom stereocenters. The second-order valence-corrected chi connectivity index (χ2v) is 10.6. The van der Waals surface area contributed by atoms with Gasteiger partial charge in [-0.25, -0.2) is 0 Å². The summed E-state index contributed by atoms with van der Waals surface area (Å²) >= 11 is 0. The van der Waals surface area contributed by atoms with E-state index in [-0.39, 0.29) is 30.1 Å². The number of ether oxygens (including phenoxy) is 2. The van der Waals surface area contributed by atoms with Crippen LogP contribution in [-0.2, 0) is 21.4 Å². The van der Waals surface area contributed by atoms with Crippen molar-refractivity contribution in [3.8, 4) is 5.75 Å². The number of aliphatic hydroxyl groups excluding tert-OH is 1. The molecule has 196 valence electrons. The fourth-order valence-electron chi connectivity index (χ4n) is 6.04. The summed E-state index contributed by atoms with van der Waals surface area (Å²) in [5, 5.41) is 9.78. The number of hydrogen-bond acceptors (Lipinski definition) is 4. The summed E-state index contributed by atoms with van der Waals surface area (Å²) in [4.78, 5) is 13.4. The van der Waals surface area contributed by atoms with E-state index in [9.17, 15) is 9.90 Å². The highest BCUT2D eigenvalue weighted by molar-refractivity contribution is 5.86. The van der Waals surface area contributed by atoms with Gasteiger partial charge in [-0.05, 0) is 84.0 Å². The molecule has 1 aliphatic rings. The first-order valence-electron chi connectivity index (χ1n) is 13.2. The molecule has 37 heavy (non-hydrogen) atoms. The molecule has 0 aromatic heterocycles. The lowest BCUT2D eigenvalue weighted by Crippen LogP contribution is -2.38. The molecule has 0 aliphatic carbocycles. The Balaban J connectivity index is 1.45. The Labute approximate surface area is 221 Å². The van der Waals surface area contributed by atoms with E-state index in [1.54, 1.807) is 12.0 Å². The molecule has 1 N–H and O–H groups in total. The maximum absolute atomic E-state index is 11.7. The Morgan fingerprint density at radius 1 is 0.919 bits per heavy atom. The highest BCUT2D eigenvalue weighted by atomic mass is 16.5. The summed E-state index contributed by atoms with van der Waals surface area (Å²) < 4.78 is 11.9. The fraction of sp³-hybridized carbons (Fsp3) is 0.406. The maximum atomic E-state index is 11.7. The number of aryl methyl sites for hydroxylation is 1.